The second-order valence-electron chi connectivity index (χ2n) is 4.53. The van der Waals surface area contributed by atoms with Gasteiger partial charge in [-0.1, -0.05) is 25.0 Å². The molecule has 1 aliphatic carbocycles. The fourth-order valence-corrected chi connectivity index (χ4v) is 2.10. The molecule has 1 atom stereocenters. The zero-order valence-electron chi connectivity index (χ0n) is 10.2. The minimum Gasteiger partial charge on any atom is -0.494 e. The lowest BCUT2D eigenvalue weighted by molar-refractivity contribution is 0.339. The Kier molecular flexibility index (Phi) is 3.83. The van der Waals surface area contributed by atoms with Gasteiger partial charge in [-0.05, 0) is 44.0 Å². The van der Waals surface area contributed by atoms with Crippen molar-refractivity contribution in [2.75, 3.05) is 13.7 Å². The zero-order chi connectivity index (χ0) is 11.4. The van der Waals surface area contributed by atoms with E-state index >= 15 is 0 Å². The summed E-state index contributed by atoms with van der Waals surface area (Å²) in [6.45, 7) is 2.75. The number of benzene rings is 1. The lowest BCUT2D eigenvalue weighted by atomic mass is 10.0. The van der Waals surface area contributed by atoms with Crippen LogP contribution in [-0.4, -0.2) is 13.7 Å². The van der Waals surface area contributed by atoms with E-state index in [0.29, 0.717) is 6.04 Å². The highest BCUT2D eigenvalue weighted by molar-refractivity contribution is 5.30. The summed E-state index contributed by atoms with van der Waals surface area (Å²) in [6.07, 6.45) is 4.07. The molecule has 0 saturated heterocycles. The van der Waals surface area contributed by atoms with Crippen LogP contribution in [0.5, 0.6) is 5.75 Å². The Bertz CT molecular complexity index is 333. The summed E-state index contributed by atoms with van der Waals surface area (Å²) in [6, 6.07) is 8.93. The molecule has 0 amide bonds. The van der Waals surface area contributed by atoms with Crippen molar-refractivity contribution in [1.82, 2.24) is 5.32 Å². The van der Waals surface area contributed by atoms with Crippen molar-refractivity contribution in [3.63, 3.8) is 0 Å². The SMILES string of the molecule is CCOc1cccc(C(CC2CC2)NC)c1. The third-order valence-corrected chi connectivity index (χ3v) is 3.19. The number of nitrogens with one attached hydrogen (secondary N) is 1. The van der Waals surface area contributed by atoms with Gasteiger partial charge < -0.3 is 10.1 Å². The van der Waals surface area contributed by atoms with Crippen molar-refractivity contribution in [2.24, 2.45) is 5.92 Å². The molecule has 1 N–H and O–H groups in total. The molecule has 1 aromatic rings. The minimum absolute atomic E-state index is 0.480. The first-order chi connectivity index (χ1) is 7.83. The van der Waals surface area contributed by atoms with E-state index in [1.807, 2.05) is 20.0 Å². The van der Waals surface area contributed by atoms with E-state index < -0.39 is 0 Å². The van der Waals surface area contributed by atoms with Gasteiger partial charge in [0.05, 0.1) is 6.61 Å². The average Bonchev–Trinajstić information content (AvgIpc) is 3.10. The fraction of sp³-hybridized carbons (Fsp3) is 0.571. The molecule has 0 spiro atoms. The summed E-state index contributed by atoms with van der Waals surface area (Å²) in [5.74, 6) is 1.92. The first kappa shape index (κ1) is 11.5. The van der Waals surface area contributed by atoms with Crippen LogP contribution in [0, 0.1) is 5.92 Å². The summed E-state index contributed by atoms with van der Waals surface area (Å²) in [7, 11) is 2.04. The van der Waals surface area contributed by atoms with E-state index in [1.54, 1.807) is 0 Å². The largest absolute Gasteiger partial charge is 0.494 e. The third-order valence-electron chi connectivity index (χ3n) is 3.19. The Hall–Kier alpha value is -1.02. The van der Waals surface area contributed by atoms with E-state index in [1.165, 1.54) is 24.8 Å². The molecule has 1 aliphatic rings. The molecule has 16 heavy (non-hydrogen) atoms. The summed E-state index contributed by atoms with van der Waals surface area (Å²) >= 11 is 0. The maximum absolute atomic E-state index is 5.53. The Morgan fingerprint density at radius 2 is 2.25 bits per heavy atom. The molecule has 1 saturated carbocycles. The van der Waals surface area contributed by atoms with Gasteiger partial charge in [0.2, 0.25) is 0 Å². The predicted molar refractivity (Wildman–Crippen MR) is 66.8 cm³/mol. The Morgan fingerprint density at radius 1 is 1.44 bits per heavy atom. The molecule has 1 unspecified atom stereocenters. The Morgan fingerprint density at radius 3 is 2.88 bits per heavy atom. The molecule has 1 fully saturated rings. The van der Waals surface area contributed by atoms with Crippen molar-refractivity contribution in [2.45, 2.75) is 32.2 Å². The van der Waals surface area contributed by atoms with Gasteiger partial charge in [0, 0.05) is 6.04 Å². The molecular formula is C14H21NO. The van der Waals surface area contributed by atoms with Gasteiger partial charge >= 0.3 is 0 Å². The Balaban J connectivity index is 2.06. The zero-order valence-corrected chi connectivity index (χ0v) is 10.2. The maximum atomic E-state index is 5.53. The van der Waals surface area contributed by atoms with Crippen molar-refractivity contribution < 1.29 is 4.74 Å². The van der Waals surface area contributed by atoms with Crippen LogP contribution in [0.1, 0.15) is 37.8 Å². The predicted octanol–water partition coefficient (Wildman–Crippen LogP) is 3.15. The van der Waals surface area contributed by atoms with Gasteiger partial charge in [-0.2, -0.15) is 0 Å². The van der Waals surface area contributed by atoms with E-state index in [4.69, 9.17) is 4.74 Å². The van der Waals surface area contributed by atoms with Gasteiger partial charge in [0.15, 0.2) is 0 Å². The highest BCUT2D eigenvalue weighted by Gasteiger charge is 2.25. The van der Waals surface area contributed by atoms with Crippen LogP contribution in [0.4, 0.5) is 0 Å². The smallest absolute Gasteiger partial charge is 0.119 e. The van der Waals surface area contributed by atoms with Crippen LogP contribution < -0.4 is 10.1 Å². The van der Waals surface area contributed by atoms with Gasteiger partial charge in [-0.25, -0.2) is 0 Å². The molecule has 0 aliphatic heterocycles. The Labute approximate surface area is 98.0 Å². The molecule has 88 valence electrons. The van der Waals surface area contributed by atoms with E-state index in [-0.39, 0.29) is 0 Å². The highest BCUT2D eigenvalue weighted by Crippen LogP contribution is 2.37. The molecule has 2 heteroatoms. The quantitative estimate of drug-likeness (QED) is 0.793. The monoisotopic (exact) mass is 219 g/mol. The van der Waals surface area contributed by atoms with Gasteiger partial charge in [-0.3, -0.25) is 0 Å². The summed E-state index contributed by atoms with van der Waals surface area (Å²) < 4.78 is 5.53. The van der Waals surface area contributed by atoms with Gasteiger partial charge in [-0.15, -0.1) is 0 Å². The highest BCUT2D eigenvalue weighted by atomic mass is 16.5. The first-order valence-electron chi connectivity index (χ1n) is 6.23. The molecule has 0 heterocycles. The summed E-state index contributed by atoms with van der Waals surface area (Å²) in [4.78, 5) is 0. The van der Waals surface area contributed by atoms with Crippen LogP contribution >= 0.6 is 0 Å². The molecule has 2 rings (SSSR count). The van der Waals surface area contributed by atoms with Crippen molar-refractivity contribution in [3.05, 3.63) is 29.8 Å². The van der Waals surface area contributed by atoms with Crippen LogP contribution in [0.3, 0.4) is 0 Å². The van der Waals surface area contributed by atoms with Gasteiger partial charge in [0.1, 0.15) is 5.75 Å². The van der Waals surface area contributed by atoms with Crippen LogP contribution in [0.25, 0.3) is 0 Å². The topological polar surface area (TPSA) is 21.3 Å². The molecular weight excluding hydrogens is 198 g/mol. The van der Waals surface area contributed by atoms with E-state index in [2.05, 4.69) is 23.5 Å². The van der Waals surface area contributed by atoms with E-state index in [0.717, 1.165) is 18.3 Å². The summed E-state index contributed by atoms with van der Waals surface area (Å²) in [5.41, 5.74) is 1.35. The summed E-state index contributed by atoms with van der Waals surface area (Å²) in [5, 5.41) is 3.40. The van der Waals surface area contributed by atoms with Crippen molar-refractivity contribution >= 4 is 0 Å². The third kappa shape index (κ3) is 2.99. The maximum Gasteiger partial charge on any atom is 0.119 e. The molecule has 1 aromatic carbocycles. The number of ether oxygens (including phenoxy) is 1. The van der Waals surface area contributed by atoms with Crippen LogP contribution in [0.2, 0.25) is 0 Å². The van der Waals surface area contributed by atoms with Crippen molar-refractivity contribution in [1.29, 1.82) is 0 Å². The normalized spacial score (nSPS) is 17.1. The fourth-order valence-electron chi connectivity index (χ4n) is 2.10. The van der Waals surface area contributed by atoms with Crippen LogP contribution in [0.15, 0.2) is 24.3 Å². The molecule has 0 radical (unpaired) electrons. The number of rotatable bonds is 6. The molecule has 0 bridgehead atoms. The standard InChI is InChI=1S/C14H21NO/c1-3-16-13-6-4-5-12(10-13)14(15-2)9-11-7-8-11/h4-6,10-11,14-15H,3,7-9H2,1-2H3. The van der Waals surface area contributed by atoms with Gasteiger partial charge in [0.25, 0.3) is 0 Å². The van der Waals surface area contributed by atoms with E-state index in [9.17, 15) is 0 Å². The molecule has 2 nitrogen and oxygen atoms in total. The molecule has 0 aromatic heterocycles. The first-order valence-corrected chi connectivity index (χ1v) is 6.23. The van der Waals surface area contributed by atoms with Crippen molar-refractivity contribution in [3.8, 4) is 5.75 Å². The average molecular weight is 219 g/mol. The lowest BCUT2D eigenvalue weighted by Crippen LogP contribution is -2.16. The number of hydrogen-bond donors (Lipinski definition) is 1. The minimum atomic E-state index is 0.480. The number of hydrogen-bond acceptors (Lipinski definition) is 2. The second kappa shape index (κ2) is 5.35. The second-order valence-corrected chi connectivity index (χ2v) is 4.53. The van der Waals surface area contributed by atoms with Crippen LogP contribution in [-0.2, 0) is 0 Å². The lowest BCUT2D eigenvalue weighted by Gasteiger charge is -2.17.